The quantitative estimate of drug-likeness (QED) is 0.103. The van der Waals surface area contributed by atoms with Gasteiger partial charge in [0.2, 0.25) is 0 Å². The van der Waals surface area contributed by atoms with Crippen molar-refractivity contribution in [1.82, 2.24) is 0 Å². The predicted octanol–water partition coefficient (Wildman–Crippen LogP) is 4.22. The fourth-order valence-electron chi connectivity index (χ4n) is 2.65. The maximum atomic E-state index is 13.6. The third kappa shape index (κ3) is 13.0. The highest BCUT2D eigenvalue weighted by atomic mass is 19.4. The molecule has 0 aliphatic carbocycles. The van der Waals surface area contributed by atoms with Gasteiger partial charge >= 0.3 is 35.8 Å². The molecule has 0 aliphatic heterocycles. The van der Waals surface area contributed by atoms with Crippen molar-refractivity contribution in [3.05, 3.63) is 0 Å². The Bertz CT molecular complexity index is 728. The third-order valence-electron chi connectivity index (χ3n) is 5.03. The van der Waals surface area contributed by atoms with Crippen molar-refractivity contribution in [3.8, 4) is 0 Å². The van der Waals surface area contributed by atoms with Crippen molar-refractivity contribution in [2.75, 3.05) is 99.1 Å². The van der Waals surface area contributed by atoms with E-state index >= 15 is 0 Å². The molecule has 0 saturated carbocycles. The van der Waals surface area contributed by atoms with Crippen LogP contribution in [0.3, 0.4) is 0 Å². The van der Waals surface area contributed by atoms with E-state index in [1.807, 2.05) is 0 Å². The number of aliphatic hydroxyl groups excluding tert-OH is 1. The summed E-state index contributed by atoms with van der Waals surface area (Å²) in [5.41, 5.74) is 0. The van der Waals surface area contributed by atoms with Crippen LogP contribution in [0.1, 0.15) is 6.42 Å². The highest BCUT2D eigenvalue weighted by molar-refractivity contribution is 5.10. The average Bonchev–Trinajstić information content (AvgIpc) is 2.90. The van der Waals surface area contributed by atoms with Crippen LogP contribution >= 0.6 is 0 Å². The summed E-state index contributed by atoms with van der Waals surface area (Å²) in [4.78, 5) is 0. The number of alkyl halides is 13. The highest BCUT2D eigenvalue weighted by Crippen LogP contribution is 2.60. The van der Waals surface area contributed by atoms with Crippen LogP contribution in [0.5, 0.6) is 0 Å². The lowest BCUT2D eigenvalue weighted by Crippen LogP contribution is -2.70. The molecule has 0 aromatic carbocycles. The molecule has 21 heteroatoms. The molecule has 43 heavy (non-hydrogen) atoms. The molecular formula is C22H33F13O8. The topological polar surface area (TPSA) is 84.8 Å². The SMILES string of the molecule is OCCOCCOCCOCCOCCOCCOCCOCCC(F)(F)C(F)(F)C(F)(F)C(F)(F)C(F)(F)C(F)(F)F. The third-order valence-corrected chi connectivity index (χ3v) is 5.03. The molecule has 0 radical (unpaired) electrons. The van der Waals surface area contributed by atoms with Gasteiger partial charge in [-0.05, 0) is 0 Å². The number of rotatable bonds is 27. The van der Waals surface area contributed by atoms with Crippen LogP contribution < -0.4 is 0 Å². The van der Waals surface area contributed by atoms with E-state index in [0.717, 1.165) is 0 Å². The summed E-state index contributed by atoms with van der Waals surface area (Å²) < 4.78 is 204. The lowest BCUT2D eigenvalue weighted by Gasteiger charge is -2.39. The van der Waals surface area contributed by atoms with Crippen molar-refractivity contribution in [2.45, 2.75) is 42.2 Å². The first-order valence-corrected chi connectivity index (χ1v) is 12.4. The fraction of sp³-hybridized carbons (Fsp3) is 1.00. The molecule has 0 bridgehead atoms. The van der Waals surface area contributed by atoms with Crippen molar-refractivity contribution in [3.63, 3.8) is 0 Å². The van der Waals surface area contributed by atoms with Crippen LogP contribution in [0, 0.1) is 0 Å². The normalized spacial score (nSPS) is 14.1. The van der Waals surface area contributed by atoms with Gasteiger partial charge in [-0.25, -0.2) is 0 Å². The van der Waals surface area contributed by atoms with Crippen LogP contribution in [0.15, 0.2) is 0 Å². The molecule has 0 aromatic heterocycles. The van der Waals surface area contributed by atoms with Crippen LogP contribution in [0.25, 0.3) is 0 Å². The second-order valence-corrected chi connectivity index (χ2v) is 8.26. The molecular weight excluding hydrogens is 639 g/mol. The second kappa shape index (κ2) is 19.3. The lowest BCUT2D eigenvalue weighted by atomic mass is 9.93. The van der Waals surface area contributed by atoms with E-state index in [4.69, 9.17) is 33.5 Å². The van der Waals surface area contributed by atoms with Crippen molar-refractivity contribution >= 4 is 0 Å². The first-order valence-electron chi connectivity index (χ1n) is 12.4. The van der Waals surface area contributed by atoms with Gasteiger partial charge in [0.15, 0.2) is 0 Å². The average molecular weight is 672 g/mol. The van der Waals surface area contributed by atoms with Crippen molar-refractivity contribution in [2.24, 2.45) is 0 Å². The van der Waals surface area contributed by atoms with E-state index < -0.39 is 55.4 Å². The van der Waals surface area contributed by atoms with E-state index in [9.17, 15) is 57.1 Å². The molecule has 8 nitrogen and oxygen atoms in total. The molecule has 0 unspecified atom stereocenters. The van der Waals surface area contributed by atoms with Gasteiger partial charge in [-0.1, -0.05) is 0 Å². The van der Waals surface area contributed by atoms with Gasteiger partial charge in [-0.15, -0.1) is 0 Å². The smallest absolute Gasteiger partial charge is 0.394 e. The summed E-state index contributed by atoms with van der Waals surface area (Å²) in [7, 11) is 0. The number of aliphatic hydroxyl groups is 1. The van der Waals surface area contributed by atoms with E-state index in [1.165, 1.54) is 0 Å². The van der Waals surface area contributed by atoms with Crippen LogP contribution in [0.4, 0.5) is 57.1 Å². The van der Waals surface area contributed by atoms with Gasteiger partial charge in [0.25, 0.3) is 0 Å². The van der Waals surface area contributed by atoms with Gasteiger partial charge in [-0.2, -0.15) is 57.1 Å². The maximum absolute atomic E-state index is 13.6. The van der Waals surface area contributed by atoms with Gasteiger partial charge < -0.3 is 38.3 Å². The first-order chi connectivity index (χ1) is 19.8. The van der Waals surface area contributed by atoms with Crippen LogP contribution in [0.2, 0.25) is 0 Å². The number of ether oxygens (including phenoxy) is 7. The Morgan fingerprint density at radius 3 is 0.860 bits per heavy atom. The number of hydrogen-bond donors (Lipinski definition) is 1. The zero-order valence-electron chi connectivity index (χ0n) is 22.5. The Hall–Kier alpha value is -1.23. The monoisotopic (exact) mass is 672 g/mol. The minimum Gasteiger partial charge on any atom is -0.394 e. The molecule has 0 rings (SSSR count). The fourth-order valence-corrected chi connectivity index (χ4v) is 2.65. The molecule has 260 valence electrons. The Balaban J connectivity index is 4.01. The van der Waals surface area contributed by atoms with E-state index in [0.29, 0.717) is 33.0 Å². The Labute approximate surface area is 237 Å². The summed E-state index contributed by atoms with van der Waals surface area (Å²) >= 11 is 0. The summed E-state index contributed by atoms with van der Waals surface area (Å²) in [6.07, 6.45) is -9.87. The number of halogens is 13. The molecule has 0 aromatic rings. The summed E-state index contributed by atoms with van der Waals surface area (Å²) in [6, 6.07) is 0. The zero-order valence-corrected chi connectivity index (χ0v) is 22.5. The van der Waals surface area contributed by atoms with Crippen molar-refractivity contribution < 1.29 is 95.3 Å². The zero-order chi connectivity index (χ0) is 33.3. The van der Waals surface area contributed by atoms with E-state index in [-0.39, 0.29) is 52.9 Å². The Kier molecular flexibility index (Phi) is 18.8. The van der Waals surface area contributed by atoms with E-state index in [2.05, 4.69) is 4.74 Å². The Morgan fingerprint density at radius 2 is 0.581 bits per heavy atom. The van der Waals surface area contributed by atoms with Crippen molar-refractivity contribution in [1.29, 1.82) is 0 Å². The first kappa shape index (κ1) is 41.8. The molecule has 0 amide bonds. The second-order valence-electron chi connectivity index (χ2n) is 8.26. The summed E-state index contributed by atoms with van der Waals surface area (Å²) in [6.45, 7) is -0.0335. The minimum absolute atomic E-state index is 0.0232. The molecule has 0 heterocycles. The predicted molar refractivity (Wildman–Crippen MR) is 118 cm³/mol. The highest BCUT2D eigenvalue weighted by Gasteiger charge is 2.90. The molecule has 0 saturated heterocycles. The lowest BCUT2D eigenvalue weighted by molar-refractivity contribution is -0.440. The molecule has 1 N–H and O–H groups in total. The molecule has 0 atom stereocenters. The Morgan fingerprint density at radius 1 is 0.326 bits per heavy atom. The molecule has 0 spiro atoms. The van der Waals surface area contributed by atoms with Gasteiger partial charge in [-0.3, -0.25) is 0 Å². The van der Waals surface area contributed by atoms with Crippen LogP contribution in [-0.2, 0) is 33.2 Å². The maximum Gasteiger partial charge on any atom is 0.460 e. The number of hydrogen-bond acceptors (Lipinski definition) is 8. The standard InChI is InChI=1S/C22H33F13O8/c23-17(24,18(25,26)19(27,28)20(29,30)21(31,32)22(33,34)35)1-3-37-5-7-39-9-11-41-13-15-43-16-14-42-12-10-40-8-6-38-4-2-36/h36H,1-16H2. The van der Waals surface area contributed by atoms with E-state index in [1.54, 1.807) is 0 Å². The molecule has 0 aliphatic rings. The van der Waals surface area contributed by atoms with Gasteiger partial charge in [0, 0.05) is 6.42 Å². The minimum atomic E-state index is -7.92. The summed E-state index contributed by atoms with van der Waals surface area (Å²) in [5.74, 6) is -37.0. The van der Waals surface area contributed by atoms with Gasteiger partial charge in [0.05, 0.1) is 99.1 Å². The summed E-state index contributed by atoms with van der Waals surface area (Å²) in [5, 5.41) is 8.51. The van der Waals surface area contributed by atoms with Crippen LogP contribution in [-0.4, -0.2) is 140 Å². The van der Waals surface area contributed by atoms with Gasteiger partial charge in [0.1, 0.15) is 0 Å². The molecule has 0 fully saturated rings. The largest absolute Gasteiger partial charge is 0.460 e.